The second-order valence-electron chi connectivity index (χ2n) is 4.54. The number of benzene rings is 1. The smallest absolute Gasteiger partial charge is 0.253 e. The summed E-state index contributed by atoms with van der Waals surface area (Å²) in [6.07, 6.45) is 3.17. The average molecular weight is 257 g/mol. The van der Waals surface area contributed by atoms with Crippen LogP contribution in [0.2, 0.25) is 0 Å². The van der Waals surface area contributed by atoms with Gasteiger partial charge in [-0.1, -0.05) is 12.1 Å². The van der Waals surface area contributed by atoms with Gasteiger partial charge in [-0.25, -0.2) is 0 Å². The fourth-order valence-corrected chi connectivity index (χ4v) is 2.16. The Labute approximate surface area is 111 Å². The van der Waals surface area contributed by atoms with Gasteiger partial charge in [-0.2, -0.15) is 5.10 Å². The van der Waals surface area contributed by atoms with Crippen LogP contribution in [0.1, 0.15) is 12.8 Å². The van der Waals surface area contributed by atoms with Crippen LogP contribution in [-0.4, -0.2) is 28.8 Å². The summed E-state index contributed by atoms with van der Waals surface area (Å²) in [6.45, 7) is 0.677. The number of aromatic amines is 1. The summed E-state index contributed by atoms with van der Waals surface area (Å²) in [6, 6.07) is 9.54. The molecule has 1 aromatic heterocycles. The molecule has 2 heterocycles. The van der Waals surface area contributed by atoms with Gasteiger partial charge in [0.1, 0.15) is 6.10 Å². The Morgan fingerprint density at radius 3 is 2.79 bits per heavy atom. The fourth-order valence-electron chi connectivity index (χ4n) is 2.16. The zero-order chi connectivity index (χ0) is 13.1. The molecule has 1 aliphatic rings. The molecule has 0 spiro atoms. The molecule has 0 saturated carbocycles. The quantitative estimate of drug-likeness (QED) is 0.885. The molecule has 5 nitrogen and oxygen atoms in total. The van der Waals surface area contributed by atoms with Crippen LogP contribution in [0.3, 0.4) is 0 Å². The van der Waals surface area contributed by atoms with Crippen molar-refractivity contribution in [3.05, 3.63) is 36.5 Å². The van der Waals surface area contributed by atoms with Crippen LogP contribution in [0.15, 0.2) is 36.5 Å². The molecule has 5 heteroatoms. The lowest BCUT2D eigenvalue weighted by atomic mass is 10.1. The number of carbonyl (C=O) groups excluding carboxylic acids is 1. The lowest BCUT2D eigenvalue weighted by Crippen LogP contribution is -2.26. The minimum Gasteiger partial charge on any atom is -0.368 e. The largest absolute Gasteiger partial charge is 0.368 e. The minimum atomic E-state index is -0.299. The van der Waals surface area contributed by atoms with Crippen molar-refractivity contribution >= 4 is 11.6 Å². The van der Waals surface area contributed by atoms with Gasteiger partial charge in [-0.05, 0) is 36.6 Å². The molecule has 2 N–H and O–H groups in total. The second kappa shape index (κ2) is 5.24. The maximum atomic E-state index is 11.9. The first kappa shape index (κ1) is 11.9. The predicted octanol–water partition coefficient (Wildman–Crippen LogP) is 2.19. The molecule has 1 atom stereocenters. The Bertz CT molecular complexity index is 543. The number of nitrogens with zero attached hydrogens (tertiary/aromatic N) is 1. The summed E-state index contributed by atoms with van der Waals surface area (Å²) < 4.78 is 5.34. The van der Waals surface area contributed by atoms with E-state index >= 15 is 0 Å². The number of carbonyl (C=O) groups is 1. The highest BCUT2D eigenvalue weighted by Gasteiger charge is 2.23. The number of anilines is 1. The van der Waals surface area contributed by atoms with E-state index in [1.807, 2.05) is 30.3 Å². The number of ether oxygens (including phenoxy) is 1. The maximum absolute atomic E-state index is 11.9. The molecule has 1 aromatic carbocycles. The number of hydrogen-bond donors (Lipinski definition) is 2. The molecule has 1 saturated heterocycles. The van der Waals surface area contributed by atoms with Crippen molar-refractivity contribution in [2.24, 2.45) is 0 Å². The normalized spacial score (nSPS) is 18.4. The average Bonchev–Trinajstić information content (AvgIpc) is 3.13. The number of rotatable bonds is 3. The first-order valence-corrected chi connectivity index (χ1v) is 6.35. The monoisotopic (exact) mass is 257 g/mol. The summed E-state index contributed by atoms with van der Waals surface area (Å²) >= 11 is 0. The van der Waals surface area contributed by atoms with Crippen molar-refractivity contribution < 1.29 is 9.53 Å². The fraction of sp³-hybridized carbons (Fsp3) is 0.286. The predicted molar refractivity (Wildman–Crippen MR) is 71.6 cm³/mol. The molecular weight excluding hydrogens is 242 g/mol. The lowest BCUT2D eigenvalue weighted by Gasteiger charge is -2.10. The van der Waals surface area contributed by atoms with Gasteiger partial charge in [0.2, 0.25) is 0 Å². The first-order valence-electron chi connectivity index (χ1n) is 6.35. The molecule has 19 heavy (non-hydrogen) atoms. The molecule has 0 aliphatic carbocycles. The molecule has 98 valence electrons. The summed E-state index contributed by atoms with van der Waals surface area (Å²) in [5, 5.41) is 9.68. The van der Waals surface area contributed by atoms with Gasteiger partial charge in [-0.15, -0.1) is 0 Å². The van der Waals surface area contributed by atoms with Gasteiger partial charge in [0, 0.05) is 18.5 Å². The number of aromatic nitrogens is 2. The molecule has 0 radical (unpaired) electrons. The van der Waals surface area contributed by atoms with Gasteiger partial charge in [0.25, 0.3) is 5.91 Å². The number of nitrogens with one attached hydrogen (secondary N) is 2. The summed E-state index contributed by atoms with van der Waals surface area (Å²) in [4.78, 5) is 11.9. The van der Waals surface area contributed by atoms with Crippen LogP contribution in [0, 0.1) is 0 Å². The highest BCUT2D eigenvalue weighted by atomic mass is 16.5. The van der Waals surface area contributed by atoms with Crippen LogP contribution in [-0.2, 0) is 9.53 Å². The maximum Gasteiger partial charge on any atom is 0.253 e. The van der Waals surface area contributed by atoms with Gasteiger partial charge < -0.3 is 10.1 Å². The van der Waals surface area contributed by atoms with Crippen molar-refractivity contribution in [1.29, 1.82) is 0 Å². The number of amides is 1. The van der Waals surface area contributed by atoms with Gasteiger partial charge in [-0.3, -0.25) is 9.89 Å². The van der Waals surface area contributed by atoms with Crippen LogP contribution in [0.5, 0.6) is 0 Å². The number of H-pyrrole nitrogens is 1. The summed E-state index contributed by atoms with van der Waals surface area (Å²) in [5.41, 5.74) is 2.77. The zero-order valence-corrected chi connectivity index (χ0v) is 10.4. The number of hydrogen-bond acceptors (Lipinski definition) is 3. The third-order valence-corrected chi connectivity index (χ3v) is 3.19. The standard InChI is InChI=1S/C14H15N3O2/c18-14(13-2-1-9-19-13)16-11-5-3-10(4-6-11)12-7-8-15-17-12/h3-8,13H,1-2,9H2,(H,15,17)(H,16,18)/t13-/m1/s1. The van der Waals surface area contributed by atoms with Crippen LogP contribution in [0.25, 0.3) is 11.3 Å². The highest BCUT2D eigenvalue weighted by molar-refractivity contribution is 5.94. The van der Waals surface area contributed by atoms with E-state index in [0.717, 1.165) is 29.8 Å². The topological polar surface area (TPSA) is 67.0 Å². The van der Waals surface area contributed by atoms with E-state index in [1.54, 1.807) is 6.20 Å². The van der Waals surface area contributed by atoms with Gasteiger partial charge >= 0.3 is 0 Å². The van der Waals surface area contributed by atoms with E-state index in [9.17, 15) is 4.79 Å². The van der Waals surface area contributed by atoms with E-state index in [-0.39, 0.29) is 12.0 Å². The molecular formula is C14H15N3O2. The SMILES string of the molecule is O=C(Nc1ccc(-c2ccn[nH]2)cc1)[C@H]1CCCO1. The summed E-state index contributed by atoms with van der Waals surface area (Å²) in [7, 11) is 0. The Balaban J connectivity index is 1.67. The molecule has 1 amide bonds. The van der Waals surface area contributed by atoms with Crippen molar-refractivity contribution in [3.63, 3.8) is 0 Å². The van der Waals surface area contributed by atoms with Gasteiger partial charge in [0.15, 0.2) is 0 Å². The van der Waals surface area contributed by atoms with Crippen molar-refractivity contribution in [2.45, 2.75) is 18.9 Å². The van der Waals surface area contributed by atoms with E-state index in [4.69, 9.17) is 4.74 Å². The molecule has 1 aliphatic heterocycles. The Morgan fingerprint density at radius 2 is 2.16 bits per heavy atom. The van der Waals surface area contributed by atoms with E-state index < -0.39 is 0 Å². The summed E-state index contributed by atoms with van der Waals surface area (Å²) in [5.74, 6) is -0.0632. The van der Waals surface area contributed by atoms with Crippen molar-refractivity contribution in [2.75, 3.05) is 11.9 Å². The van der Waals surface area contributed by atoms with Crippen molar-refractivity contribution in [1.82, 2.24) is 10.2 Å². The third-order valence-electron chi connectivity index (χ3n) is 3.19. The lowest BCUT2D eigenvalue weighted by molar-refractivity contribution is -0.124. The van der Waals surface area contributed by atoms with E-state index in [0.29, 0.717) is 6.61 Å². The Morgan fingerprint density at radius 1 is 1.32 bits per heavy atom. The van der Waals surface area contributed by atoms with E-state index in [1.165, 1.54) is 0 Å². The molecule has 0 unspecified atom stereocenters. The zero-order valence-electron chi connectivity index (χ0n) is 10.4. The molecule has 2 aromatic rings. The molecule has 3 rings (SSSR count). The van der Waals surface area contributed by atoms with E-state index in [2.05, 4.69) is 15.5 Å². The molecule has 0 bridgehead atoms. The van der Waals surface area contributed by atoms with Crippen LogP contribution < -0.4 is 5.32 Å². The Hall–Kier alpha value is -2.14. The van der Waals surface area contributed by atoms with Gasteiger partial charge in [0.05, 0.1) is 5.69 Å². The third kappa shape index (κ3) is 2.66. The van der Waals surface area contributed by atoms with Crippen LogP contribution in [0.4, 0.5) is 5.69 Å². The van der Waals surface area contributed by atoms with Crippen LogP contribution >= 0.6 is 0 Å². The van der Waals surface area contributed by atoms with Crippen molar-refractivity contribution in [3.8, 4) is 11.3 Å². The molecule has 1 fully saturated rings. The second-order valence-corrected chi connectivity index (χ2v) is 4.54. The highest BCUT2D eigenvalue weighted by Crippen LogP contribution is 2.20. The Kier molecular flexibility index (Phi) is 3.29. The minimum absolute atomic E-state index is 0.0632. The first-order chi connectivity index (χ1) is 9.33.